The second-order valence-electron chi connectivity index (χ2n) is 8.61. The Morgan fingerprint density at radius 2 is 1.76 bits per heavy atom. The van der Waals surface area contributed by atoms with Gasteiger partial charge in [0.05, 0.1) is 17.8 Å². The highest BCUT2D eigenvalue weighted by Crippen LogP contribution is 2.33. The molecule has 3 aromatic carbocycles. The van der Waals surface area contributed by atoms with E-state index in [9.17, 15) is 14.4 Å². The van der Waals surface area contributed by atoms with Crippen molar-refractivity contribution < 1.29 is 14.4 Å². The van der Waals surface area contributed by atoms with Gasteiger partial charge in [-0.1, -0.05) is 48.0 Å². The third-order valence-electron chi connectivity index (χ3n) is 6.39. The van der Waals surface area contributed by atoms with Crippen LogP contribution < -0.4 is 10.2 Å². The van der Waals surface area contributed by atoms with Gasteiger partial charge in [0, 0.05) is 23.7 Å². The van der Waals surface area contributed by atoms with E-state index in [1.165, 1.54) is 0 Å². The Kier molecular flexibility index (Phi) is 6.07. The second kappa shape index (κ2) is 9.31. The van der Waals surface area contributed by atoms with Gasteiger partial charge < -0.3 is 15.1 Å². The molecule has 6 nitrogen and oxygen atoms in total. The number of halogens is 1. The molecule has 1 saturated heterocycles. The van der Waals surface area contributed by atoms with Crippen molar-refractivity contribution in [1.29, 1.82) is 0 Å². The topological polar surface area (TPSA) is 69.7 Å². The predicted octanol–water partition coefficient (Wildman–Crippen LogP) is 4.42. The van der Waals surface area contributed by atoms with E-state index in [-0.39, 0.29) is 17.7 Å². The monoisotopic (exact) mass is 473 g/mol. The molecule has 1 fully saturated rings. The van der Waals surface area contributed by atoms with E-state index in [4.69, 9.17) is 11.6 Å². The van der Waals surface area contributed by atoms with E-state index in [0.29, 0.717) is 47.9 Å². The zero-order valence-electron chi connectivity index (χ0n) is 18.5. The highest BCUT2D eigenvalue weighted by atomic mass is 35.5. The fraction of sp³-hybridized carbons (Fsp3) is 0.222. The highest BCUT2D eigenvalue weighted by molar-refractivity contribution is 6.30. The van der Waals surface area contributed by atoms with Gasteiger partial charge in [-0.05, 0) is 60.4 Å². The quantitative estimate of drug-likeness (QED) is 0.596. The largest absolute Gasteiger partial charge is 0.348 e. The molecule has 1 atom stereocenters. The number of carbonyl (C=O) groups excluding carboxylic acids is 3. The summed E-state index contributed by atoms with van der Waals surface area (Å²) < 4.78 is 0. The van der Waals surface area contributed by atoms with Crippen LogP contribution in [0.5, 0.6) is 0 Å². The average molecular weight is 474 g/mol. The van der Waals surface area contributed by atoms with E-state index in [0.717, 1.165) is 17.5 Å². The summed E-state index contributed by atoms with van der Waals surface area (Å²) in [4.78, 5) is 42.5. The Morgan fingerprint density at radius 1 is 0.971 bits per heavy atom. The molecule has 0 aliphatic carbocycles. The van der Waals surface area contributed by atoms with Crippen LogP contribution >= 0.6 is 11.6 Å². The fourth-order valence-electron chi connectivity index (χ4n) is 4.65. The molecule has 0 spiro atoms. The Hall–Kier alpha value is -3.64. The first-order valence-corrected chi connectivity index (χ1v) is 11.7. The number of para-hydroxylation sites is 1. The van der Waals surface area contributed by atoms with Crippen LogP contribution in [-0.4, -0.2) is 35.2 Å². The molecule has 172 valence electrons. The molecule has 3 amide bonds. The maximum absolute atomic E-state index is 13.4. The summed E-state index contributed by atoms with van der Waals surface area (Å²) in [5, 5.41) is 3.52. The van der Waals surface area contributed by atoms with Crippen LogP contribution in [0.15, 0.2) is 72.8 Å². The van der Waals surface area contributed by atoms with E-state index in [1.54, 1.807) is 34.1 Å². The summed E-state index contributed by atoms with van der Waals surface area (Å²) in [7, 11) is 0. The van der Waals surface area contributed by atoms with Gasteiger partial charge in [0.1, 0.15) is 6.04 Å². The molecular weight excluding hydrogens is 450 g/mol. The van der Waals surface area contributed by atoms with Gasteiger partial charge in [-0.2, -0.15) is 0 Å². The van der Waals surface area contributed by atoms with E-state index in [1.807, 2.05) is 48.5 Å². The zero-order chi connectivity index (χ0) is 23.7. The first-order valence-electron chi connectivity index (χ1n) is 11.3. The van der Waals surface area contributed by atoms with Crippen molar-refractivity contribution in [2.24, 2.45) is 0 Å². The van der Waals surface area contributed by atoms with Crippen LogP contribution in [0, 0.1) is 0 Å². The van der Waals surface area contributed by atoms with Crippen molar-refractivity contribution in [3.63, 3.8) is 0 Å². The minimum absolute atomic E-state index is 0.0564. The van der Waals surface area contributed by atoms with Crippen molar-refractivity contribution in [1.82, 2.24) is 10.2 Å². The normalized spacial score (nSPS) is 17.3. The third-order valence-corrected chi connectivity index (χ3v) is 6.62. The van der Waals surface area contributed by atoms with Crippen LogP contribution in [0.2, 0.25) is 5.02 Å². The van der Waals surface area contributed by atoms with Crippen LogP contribution in [0.25, 0.3) is 0 Å². The molecule has 7 heteroatoms. The van der Waals surface area contributed by atoms with Gasteiger partial charge in [0.2, 0.25) is 5.91 Å². The average Bonchev–Trinajstić information content (AvgIpc) is 3.33. The summed E-state index contributed by atoms with van der Waals surface area (Å²) in [5.74, 6) is -0.324. The fourth-order valence-corrected chi connectivity index (χ4v) is 4.86. The van der Waals surface area contributed by atoms with Gasteiger partial charge >= 0.3 is 0 Å². The number of hydrogen-bond donors (Lipinski definition) is 1. The second-order valence-corrected chi connectivity index (χ2v) is 9.04. The predicted molar refractivity (Wildman–Crippen MR) is 131 cm³/mol. The molecule has 2 heterocycles. The molecule has 0 saturated carbocycles. The molecule has 0 radical (unpaired) electrons. The lowest BCUT2D eigenvalue weighted by Crippen LogP contribution is -2.44. The summed E-state index contributed by atoms with van der Waals surface area (Å²) >= 11 is 6.00. The highest BCUT2D eigenvalue weighted by Gasteiger charge is 2.41. The van der Waals surface area contributed by atoms with Crippen molar-refractivity contribution in [3.8, 4) is 0 Å². The van der Waals surface area contributed by atoms with Gasteiger partial charge in [-0.25, -0.2) is 0 Å². The van der Waals surface area contributed by atoms with Gasteiger partial charge in [0.15, 0.2) is 0 Å². The molecule has 34 heavy (non-hydrogen) atoms. The lowest BCUT2D eigenvalue weighted by Gasteiger charge is -2.26. The van der Waals surface area contributed by atoms with Crippen molar-refractivity contribution in [3.05, 3.63) is 100 Å². The number of carbonyl (C=O) groups is 3. The summed E-state index contributed by atoms with van der Waals surface area (Å²) in [5.41, 5.74) is 3.53. The number of nitrogens with zero attached hydrogens (tertiary/aromatic N) is 2. The maximum Gasteiger partial charge on any atom is 0.256 e. The molecule has 1 N–H and O–H groups in total. The lowest BCUT2D eigenvalue weighted by molar-refractivity contribution is -0.122. The van der Waals surface area contributed by atoms with E-state index in [2.05, 4.69) is 5.32 Å². The molecule has 0 aromatic heterocycles. The molecule has 0 bridgehead atoms. The molecule has 3 aromatic rings. The van der Waals surface area contributed by atoms with Gasteiger partial charge in [-0.15, -0.1) is 0 Å². The first-order chi connectivity index (χ1) is 16.5. The number of fused-ring (bicyclic) bond motifs is 2. The Labute approximate surface area is 203 Å². The molecule has 1 unspecified atom stereocenters. The number of rotatable bonds is 5. The molecular formula is C27H24ClN3O3. The van der Waals surface area contributed by atoms with Crippen LogP contribution in [0.1, 0.15) is 44.7 Å². The standard InChI is InChI=1S/C27H24ClN3O3/c28-21-6-3-5-19(15-21)16-29-25(32)20-12-10-18(11-13-20)17-31-23-8-2-1-7-22(23)26(33)30-14-4-9-24(30)27(31)34/h1-3,5-8,10-13,15,24H,4,9,14,16-17H2,(H,29,32). The summed E-state index contributed by atoms with van der Waals surface area (Å²) in [6, 6.07) is 21.4. The van der Waals surface area contributed by atoms with Crippen molar-refractivity contribution >= 4 is 35.0 Å². The molecule has 2 aliphatic heterocycles. The zero-order valence-corrected chi connectivity index (χ0v) is 19.3. The van der Waals surface area contributed by atoms with Crippen LogP contribution in [0.3, 0.4) is 0 Å². The summed E-state index contributed by atoms with van der Waals surface area (Å²) in [6.45, 7) is 1.32. The number of nitrogens with one attached hydrogen (secondary N) is 1. The third kappa shape index (κ3) is 4.29. The minimum atomic E-state index is -0.420. The summed E-state index contributed by atoms with van der Waals surface area (Å²) in [6.07, 6.45) is 1.51. The smallest absolute Gasteiger partial charge is 0.256 e. The lowest BCUT2D eigenvalue weighted by atomic mass is 10.1. The van der Waals surface area contributed by atoms with E-state index >= 15 is 0 Å². The van der Waals surface area contributed by atoms with Crippen molar-refractivity contribution in [2.75, 3.05) is 11.4 Å². The Balaban J connectivity index is 1.33. The van der Waals surface area contributed by atoms with Crippen LogP contribution in [0.4, 0.5) is 5.69 Å². The van der Waals surface area contributed by atoms with Crippen LogP contribution in [-0.2, 0) is 17.9 Å². The number of amides is 3. The SMILES string of the molecule is O=C(NCc1cccc(Cl)c1)c1ccc(CN2C(=O)C3CCCN3C(=O)c3ccccc32)cc1. The Morgan fingerprint density at radius 3 is 2.56 bits per heavy atom. The minimum Gasteiger partial charge on any atom is -0.348 e. The van der Waals surface area contributed by atoms with Crippen molar-refractivity contribution in [2.45, 2.75) is 32.0 Å². The maximum atomic E-state index is 13.4. The van der Waals surface area contributed by atoms with Gasteiger partial charge in [-0.3, -0.25) is 14.4 Å². The van der Waals surface area contributed by atoms with E-state index < -0.39 is 6.04 Å². The number of anilines is 1. The number of hydrogen-bond acceptors (Lipinski definition) is 3. The molecule has 5 rings (SSSR count). The number of benzene rings is 3. The Bertz CT molecular complexity index is 1260. The first kappa shape index (κ1) is 22.2. The van der Waals surface area contributed by atoms with Gasteiger partial charge in [0.25, 0.3) is 11.8 Å². The molecule has 2 aliphatic rings.